The summed E-state index contributed by atoms with van der Waals surface area (Å²) in [5, 5.41) is 0. The summed E-state index contributed by atoms with van der Waals surface area (Å²) in [4.78, 5) is 0. The molecule has 0 aliphatic rings. The summed E-state index contributed by atoms with van der Waals surface area (Å²) >= 11 is 0. The fourth-order valence-corrected chi connectivity index (χ4v) is 11.0. The number of benzene rings is 3. The third-order valence-electron chi connectivity index (χ3n) is 15.5. The molecule has 85 heavy (non-hydrogen) atoms. The van der Waals surface area contributed by atoms with Crippen molar-refractivity contribution in [3.63, 3.8) is 0 Å². The van der Waals surface area contributed by atoms with E-state index in [0.717, 1.165) is 128 Å². The standard InChI is InChI=1S/C62H87BF18NO3/c1-5-9-13-17-21-22-23-24-25-26-30-34-54(82(35-31-27-18-14-10-6-2,36-32-28-19-15-11-7-3)37-33-29-20-16-12-8-4)56-53(62(79,80)81)44-50(61(76,77)78)45-55(56)85-63(83-51-40-46(57(64,65)66)38-47(41-51)58(67,68)69)84-52-42-48(59(70,71)72)39-49(43-52)60(73,74)75/h38-45,54H,5-37H2,1-4H3/q+1. The van der Waals surface area contributed by atoms with Crippen LogP contribution in [0.15, 0.2) is 48.5 Å². The van der Waals surface area contributed by atoms with Gasteiger partial charge >= 0.3 is 44.4 Å². The van der Waals surface area contributed by atoms with E-state index in [1.807, 2.05) is 20.8 Å². The van der Waals surface area contributed by atoms with Crippen LogP contribution >= 0.6 is 0 Å². The third kappa shape index (κ3) is 27.0. The van der Waals surface area contributed by atoms with Gasteiger partial charge in [-0.25, -0.2) is 0 Å². The van der Waals surface area contributed by atoms with Gasteiger partial charge in [0, 0.05) is 6.42 Å². The molecule has 0 bridgehead atoms. The first-order valence-corrected chi connectivity index (χ1v) is 30.6. The monoisotopic (exact) mass is 1250 g/mol. The fourth-order valence-electron chi connectivity index (χ4n) is 11.0. The summed E-state index contributed by atoms with van der Waals surface area (Å²) in [5.41, 5.74) is -13.1. The molecule has 0 saturated heterocycles. The van der Waals surface area contributed by atoms with Crippen LogP contribution in [0.5, 0.6) is 17.2 Å². The fraction of sp³-hybridized carbons (Fsp3) is 0.710. The molecule has 0 saturated carbocycles. The predicted octanol–water partition coefficient (Wildman–Crippen LogP) is 24.0. The number of halogens is 18. The minimum atomic E-state index is -5.66. The number of nitrogens with zero attached hydrogens (tertiary/aromatic N) is 1. The quantitative estimate of drug-likeness (QED) is 0.0245. The number of hydrogen-bond donors (Lipinski definition) is 0. The lowest BCUT2D eigenvalue weighted by Crippen LogP contribution is -2.53. The maximum Gasteiger partial charge on any atom is 0.864 e. The molecule has 0 radical (unpaired) electrons. The van der Waals surface area contributed by atoms with E-state index in [-0.39, 0.29) is 85.5 Å². The Bertz CT molecular complexity index is 2160. The molecule has 0 amide bonds. The van der Waals surface area contributed by atoms with Crippen LogP contribution in [-0.4, -0.2) is 31.4 Å². The average molecular weight is 1250 g/mol. The second-order valence-corrected chi connectivity index (χ2v) is 22.6. The smallest absolute Gasteiger partial charge is 0.490 e. The van der Waals surface area contributed by atoms with E-state index < -0.39 is 107 Å². The highest BCUT2D eigenvalue weighted by molar-refractivity contribution is 6.39. The van der Waals surface area contributed by atoms with Gasteiger partial charge in [0.05, 0.1) is 58.6 Å². The van der Waals surface area contributed by atoms with Gasteiger partial charge in [-0.2, -0.15) is 79.0 Å². The van der Waals surface area contributed by atoms with E-state index in [2.05, 4.69) is 6.92 Å². The summed E-state index contributed by atoms with van der Waals surface area (Å²) in [6.45, 7) is 8.79. The van der Waals surface area contributed by atoms with Gasteiger partial charge in [-0.3, -0.25) is 0 Å². The zero-order valence-corrected chi connectivity index (χ0v) is 49.6. The predicted molar refractivity (Wildman–Crippen MR) is 296 cm³/mol. The highest BCUT2D eigenvalue weighted by atomic mass is 19.4. The van der Waals surface area contributed by atoms with Crippen molar-refractivity contribution in [3.8, 4) is 17.2 Å². The van der Waals surface area contributed by atoms with E-state index in [9.17, 15) is 52.7 Å². The maximum absolute atomic E-state index is 16.2. The largest absolute Gasteiger partial charge is 0.864 e. The molecular formula is C62H87BF18NO3+. The van der Waals surface area contributed by atoms with Gasteiger partial charge in [-0.15, -0.1) is 0 Å². The maximum atomic E-state index is 16.2. The van der Waals surface area contributed by atoms with Crippen molar-refractivity contribution in [2.75, 3.05) is 19.6 Å². The van der Waals surface area contributed by atoms with Gasteiger partial charge in [0.15, 0.2) is 0 Å². The van der Waals surface area contributed by atoms with Crippen LogP contribution in [0.2, 0.25) is 0 Å². The van der Waals surface area contributed by atoms with Crippen molar-refractivity contribution in [1.82, 2.24) is 0 Å². The van der Waals surface area contributed by atoms with E-state index in [1.165, 1.54) is 0 Å². The summed E-state index contributed by atoms with van der Waals surface area (Å²) in [7, 11) is -3.28. The molecule has 3 aromatic rings. The Labute approximate surface area is 491 Å². The van der Waals surface area contributed by atoms with E-state index in [0.29, 0.717) is 51.4 Å². The summed E-state index contributed by atoms with van der Waals surface area (Å²) < 4.78 is 282. The Morgan fingerprint density at radius 3 is 0.871 bits per heavy atom. The van der Waals surface area contributed by atoms with Gasteiger partial charge in [-0.05, 0) is 93.5 Å². The summed E-state index contributed by atoms with van der Waals surface area (Å²) in [5.74, 6) is -4.46. The number of unbranched alkanes of at least 4 members (excludes halogenated alkanes) is 25. The van der Waals surface area contributed by atoms with Crippen molar-refractivity contribution in [1.29, 1.82) is 0 Å². The Kier molecular flexibility index (Phi) is 31.6. The van der Waals surface area contributed by atoms with Crippen LogP contribution in [0.25, 0.3) is 0 Å². The van der Waals surface area contributed by atoms with E-state index in [4.69, 9.17) is 14.0 Å². The first kappa shape index (κ1) is 75.1. The molecule has 0 heterocycles. The first-order valence-electron chi connectivity index (χ1n) is 30.6. The molecule has 1 unspecified atom stereocenters. The van der Waals surface area contributed by atoms with E-state index >= 15 is 26.3 Å². The van der Waals surface area contributed by atoms with Crippen LogP contribution < -0.4 is 14.0 Å². The molecule has 4 nitrogen and oxygen atoms in total. The Hall–Kier alpha value is -4.18. The molecule has 0 spiro atoms. The zero-order valence-electron chi connectivity index (χ0n) is 49.6. The SMILES string of the molecule is CCCCCCCCCCCCCC(c1c(OB(Oc2cc(C(F)(F)F)cc(C(F)(F)F)c2)Oc2cc(C(F)(F)F)cc(C(F)(F)F)c2)cc(C(F)(F)F)cc1C(F)(F)F)[N+](CCCCCCCC)(CCCCCCCC)CCCCCCCC. The van der Waals surface area contributed by atoms with Crippen molar-refractivity contribution in [2.24, 2.45) is 0 Å². The number of alkyl halides is 18. The second kappa shape index (κ2) is 35.7. The number of hydrogen-bond acceptors (Lipinski definition) is 3. The van der Waals surface area contributed by atoms with Crippen molar-refractivity contribution in [2.45, 2.75) is 263 Å². The van der Waals surface area contributed by atoms with Crippen LogP contribution in [0.4, 0.5) is 79.0 Å². The Morgan fingerprint density at radius 1 is 0.318 bits per heavy atom. The molecule has 0 aromatic heterocycles. The van der Waals surface area contributed by atoms with Crippen LogP contribution in [0.1, 0.15) is 265 Å². The minimum absolute atomic E-state index is 0.0881. The molecular weight excluding hydrogens is 1160 g/mol. The molecule has 0 N–H and O–H groups in total. The second-order valence-electron chi connectivity index (χ2n) is 22.6. The van der Waals surface area contributed by atoms with Crippen LogP contribution in [0.3, 0.4) is 0 Å². The Balaban J connectivity index is 2.58. The average Bonchev–Trinajstić information content (AvgIpc) is 0.963. The van der Waals surface area contributed by atoms with Gasteiger partial charge in [-0.1, -0.05) is 169 Å². The van der Waals surface area contributed by atoms with Crippen molar-refractivity contribution < 1.29 is 97.5 Å². The van der Waals surface area contributed by atoms with E-state index in [1.54, 1.807) is 0 Å². The number of rotatable bonds is 41. The van der Waals surface area contributed by atoms with Gasteiger partial charge in [0.25, 0.3) is 0 Å². The molecule has 1 atom stereocenters. The lowest BCUT2D eigenvalue weighted by molar-refractivity contribution is -0.958. The summed E-state index contributed by atoms with van der Waals surface area (Å²) in [6.07, 6.45) is -11.2. The highest BCUT2D eigenvalue weighted by Crippen LogP contribution is 2.50. The molecule has 23 heteroatoms. The van der Waals surface area contributed by atoms with Crippen molar-refractivity contribution >= 4 is 7.32 Å². The molecule has 3 rings (SSSR count). The molecule has 3 aromatic carbocycles. The molecule has 0 aliphatic carbocycles. The zero-order chi connectivity index (χ0) is 63.5. The normalized spacial score (nSPS) is 13.4. The Morgan fingerprint density at radius 2 is 0.588 bits per heavy atom. The first-order chi connectivity index (χ1) is 39.8. The van der Waals surface area contributed by atoms with Crippen molar-refractivity contribution in [3.05, 3.63) is 87.5 Å². The summed E-state index contributed by atoms with van der Waals surface area (Å²) in [6, 6.07) is -2.50. The van der Waals surface area contributed by atoms with Crippen LogP contribution in [-0.2, 0) is 37.1 Å². The third-order valence-corrected chi connectivity index (χ3v) is 15.5. The lowest BCUT2D eigenvalue weighted by atomic mass is 9.87. The molecule has 0 aliphatic heterocycles. The van der Waals surface area contributed by atoms with Gasteiger partial charge < -0.3 is 18.4 Å². The highest BCUT2D eigenvalue weighted by Gasteiger charge is 2.49. The lowest BCUT2D eigenvalue weighted by Gasteiger charge is -2.47. The minimum Gasteiger partial charge on any atom is -0.490 e. The molecule has 0 fully saturated rings. The van der Waals surface area contributed by atoms with Gasteiger partial charge in [0.1, 0.15) is 23.3 Å². The van der Waals surface area contributed by atoms with Gasteiger partial charge in [0.2, 0.25) is 0 Å². The number of quaternary nitrogens is 1. The molecule has 486 valence electrons. The van der Waals surface area contributed by atoms with Crippen LogP contribution in [0, 0.1) is 0 Å². The topological polar surface area (TPSA) is 27.7 Å².